The summed E-state index contributed by atoms with van der Waals surface area (Å²) in [6.07, 6.45) is 4.20. The fraction of sp³-hybridized carbons (Fsp3) is 0.579. The quantitative estimate of drug-likeness (QED) is 0.843. The van der Waals surface area contributed by atoms with Crippen molar-refractivity contribution in [3.8, 4) is 0 Å². The number of hydrogen-bond acceptors (Lipinski definition) is 2. The number of halogens is 2. The second-order valence-electron chi connectivity index (χ2n) is 7.77. The minimum Gasteiger partial charge on any atom is -0.342 e. The Hall–Kier alpha value is -1.98. The number of hydrogen-bond donors (Lipinski definition) is 0. The molecule has 1 saturated carbocycles. The van der Waals surface area contributed by atoms with Gasteiger partial charge in [0.1, 0.15) is 0 Å². The number of nitrogens with zero attached hydrogens (tertiary/aromatic N) is 2. The SMILES string of the molecule is O=C1CC2(CCN(C(=O)C3CC3)CC2)CN1Cc1ccc(F)c(F)c1. The molecule has 1 spiro atoms. The van der Waals surface area contributed by atoms with E-state index >= 15 is 0 Å². The van der Waals surface area contributed by atoms with E-state index in [0.29, 0.717) is 25.1 Å². The van der Waals surface area contributed by atoms with Crippen molar-refractivity contribution in [2.45, 2.75) is 38.6 Å². The van der Waals surface area contributed by atoms with Crippen LogP contribution in [-0.4, -0.2) is 41.2 Å². The number of carbonyl (C=O) groups is 2. The third-order valence-corrected chi connectivity index (χ3v) is 5.83. The second kappa shape index (κ2) is 6.07. The molecule has 3 fully saturated rings. The van der Waals surface area contributed by atoms with Crippen LogP contribution < -0.4 is 0 Å². The molecule has 0 unspecified atom stereocenters. The zero-order valence-electron chi connectivity index (χ0n) is 14.1. The highest BCUT2D eigenvalue weighted by atomic mass is 19.2. The molecule has 4 rings (SSSR count). The normalized spacial score (nSPS) is 22.7. The Morgan fingerprint density at radius 1 is 1.16 bits per heavy atom. The zero-order valence-corrected chi connectivity index (χ0v) is 14.1. The van der Waals surface area contributed by atoms with E-state index in [9.17, 15) is 18.4 Å². The average molecular weight is 348 g/mol. The molecule has 1 aromatic carbocycles. The Balaban J connectivity index is 1.38. The van der Waals surface area contributed by atoms with Crippen molar-refractivity contribution in [3.63, 3.8) is 0 Å². The van der Waals surface area contributed by atoms with Crippen molar-refractivity contribution in [2.24, 2.45) is 11.3 Å². The van der Waals surface area contributed by atoms with Crippen molar-refractivity contribution in [3.05, 3.63) is 35.4 Å². The maximum Gasteiger partial charge on any atom is 0.225 e. The van der Waals surface area contributed by atoms with E-state index in [2.05, 4.69) is 0 Å². The molecule has 1 aliphatic carbocycles. The molecule has 2 saturated heterocycles. The van der Waals surface area contributed by atoms with Gasteiger partial charge >= 0.3 is 0 Å². The largest absolute Gasteiger partial charge is 0.342 e. The number of carbonyl (C=O) groups excluding carboxylic acids is 2. The van der Waals surface area contributed by atoms with Crippen LogP contribution in [0.1, 0.15) is 37.7 Å². The van der Waals surface area contributed by atoms with Gasteiger partial charge in [-0.05, 0) is 43.4 Å². The van der Waals surface area contributed by atoms with Gasteiger partial charge in [-0.3, -0.25) is 9.59 Å². The fourth-order valence-electron chi connectivity index (χ4n) is 4.11. The summed E-state index contributed by atoms with van der Waals surface area (Å²) in [4.78, 5) is 28.3. The number of benzene rings is 1. The molecule has 0 N–H and O–H groups in total. The third kappa shape index (κ3) is 3.26. The third-order valence-electron chi connectivity index (χ3n) is 5.83. The van der Waals surface area contributed by atoms with Gasteiger partial charge in [0.2, 0.25) is 11.8 Å². The predicted molar refractivity (Wildman–Crippen MR) is 87.4 cm³/mol. The van der Waals surface area contributed by atoms with E-state index in [1.807, 2.05) is 4.90 Å². The summed E-state index contributed by atoms with van der Waals surface area (Å²) in [5.41, 5.74) is 0.529. The monoisotopic (exact) mass is 348 g/mol. The molecule has 0 atom stereocenters. The van der Waals surface area contributed by atoms with Crippen LogP contribution in [-0.2, 0) is 16.1 Å². The zero-order chi connectivity index (χ0) is 17.6. The summed E-state index contributed by atoms with van der Waals surface area (Å²) in [6.45, 7) is 2.39. The first-order chi connectivity index (χ1) is 12.0. The van der Waals surface area contributed by atoms with Gasteiger partial charge in [0, 0.05) is 43.9 Å². The highest BCUT2D eigenvalue weighted by Crippen LogP contribution is 2.42. The molecule has 25 heavy (non-hydrogen) atoms. The number of likely N-dealkylation sites (tertiary alicyclic amines) is 2. The lowest BCUT2D eigenvalue weighted by Crippen LogP contribution is -2.44. The van der Waals surface area contributed by atoms with Gasteiger partial charge < -0.3 is 9.80 Å². The molecular formula is C19H22F2N2O2. The number of piperidine rings is 1. The van der Waals surface area contributed by atoms with Gasteiger partial charge in [0.15, 0.2) is 11.6 Å². The molecular weight excluding hydrogens is 326 g/mol. The molecule has 6 heteroatoms. The predicted octanol–water partition coefficient (Wildman–Crippen LogP) is 2.72. The van der Waals surface area contributed by atoms with E-state index in [-0.39, 0.29) is 23.1 Å². The summed E-state index contributed by atoms with van der Waals surface area (Å²) in [7, 11) is 0. The first kappa shape index (κ1) is 16.5. The van der Waals surface area contributed by atoms with Gasteiger partial charge in [0.25, 0.3) is 0 Å². The van der Waals surface area contributed by atoms with Crippen molar-refractivity contribution >= 4 is 11.8 Å². The number of rotatable bonds is 3. The molecule has 1 aromatic rings. The molecule has 3 aliphatic rings. The van der Waals surface area contributed by atoms with E-state index in [1.165, 1.54) is 6.07 Å². The lowest BCUT2D eigenvalue weighted by atomic mass is 9.77. The Labute approximate surface area is 145 Å². The van der Waals surface area contributed by atoms with Crippen LogP contribution in [0.3, 0.4) is 0 Å². The van der Waals surface area contributed by atoms with E-state index < -0.39 is 11.6 Å². The highest BCUT2D eigenvalue weighted by Gasteiger charge is 2.46. The minimum absolute atomic E-state index is 0.0618. The van der Waals surface area contributed by atoms with E-state index in [1.54, 1.807) is 4.90 Å². The topological polar surface area (TPSA) is 40.6 Å². The van der Waals surface area contributed by atoms with Crippen LogP contribution >= 0.6 is 0 Å². The molecule has 134 valence electrons. The first-order valence-electron chi connectivity index (χ1n) is 8.96. The Morgan fingerprint density at radius 2 is 1.88 bits per heavy atom. The summed E-state index contributed by atoms with van der Waals surface area (Å²) in [5, 5.41) is 0. The smallest absolute Gasteiger partial charge is 0.225 e. The molecule has 2 aliphatic heterocycles. The van der Waals surface area contributed by atoms with Crippen LogP contribution in [0.2, 0.25) is 0 Å². The van der Waals surface area contributed by atoms with Gasteiger partial charge in [-0.2, -0.15) is 0 Å². The van der Waals surface area contributed by atoms with Crippen molar-refractivity contribution < 1.29 is 18.4 Å². The minimum atomic E-state index is -0.884. The maximum atomic E-state index is 13.4. The Bertz CT molecular complexity index is 709. The first-order valence-corrected chi connectivity index (χ1v) is 8.96. The molecule has 4 nitrogen and oxygen atoms in total. The lowest BCUT2D eigenvalue weighted by Gasteiger charge is -2.39. The lowest BCUT2D eigenvalue weighted by molar-refractivity contribution is -0.134. The van der Waals surface area contributed by atoms with E-state index in [0.717, 1.165) is 50.9 Å². The summed E-state index contributed by atoms with van der Waals surface area (Å²) < 4.78 is 26.4. The van der Waals surface area contributed by atoms with Crippen LogP contribution in [0, 0.1) is 23.0 Å². The van der Waals surface area contributed by atoms with Gasteiger partial charge in [-0.1, -0.05) is 6.07 Å². The molecule has 2 heterocycles. The summed E-state index contributed by atoms with van der Waals surface area (Å²) in [5.74, 6) is -1.18. The molecule has 0 aromatic heterocycles. The summed E-state index contributed by atoms with van der Waals surface area (Å²) in [6, 6.07) is 3.78. The molecule has 0 radical (unpaired) electrons. The van der Waals surface area contributed by atoms with Crippen LogP contribution in [0.4, 0.5) is 8.78 Å². The average Bonchev–Trinajstić information content (AvgIpc) is 3.38. The van der Waals surface area contributed by atoms with E-state index in [4.69, 9.17) is 0 Å². The number of amides is 2. The van der Waals surface area contributed by atoms with Crippen molar-refractivity contribution in [1.82, 2.24) is 9.80 Å². The fourth-order valence-corrected chi connectivity index (χ4v) is 4.11. The van der Waals surface area contributed by atoms with Crippen molar-refractivity contribution in [1.29, 1.82) is 0 Å². The second-order valence-corrected chi connectivity index (χ2v) is 7.77. The van der Waals surface area contributed by atoms with Gasteiger partial charge in [-0.25, -0.2) is 8.78 Å². The van der Waals surface area contributed by atoms with Crippen LogP contribution in [0.25, 0.3) is 0 Å². The van der Waals surface area contributed by atoms with Crippen molar-refractivity contribution in [2.75, 3.05) is 19.6 Å². The van der Waals surface area contributed by atoms with Gasteiger partial charge in [0.05, 0.1) is 0 Å². The summed E-state index contributed by atoms with van der Waals surface area (Å²) >= 11 is 0. The van der Waals surface area contributed by atoms with Crippen LogP contribution in [0.5, 0.6) is 0 Å². The van der Waals surface area contributed by atoms with Gasteiger partial charge in [-0.15, -0.1) is 0 Å². The van der Waals surface area contributed by atoms with Crippen LogP contribution in [0.15, 0.2) is 18.2 Å². The molecule has 0 bridgehead atoms. The molecule has 2 amide bonds. The standard InChI is InChI=1S/C19H22F2N2O2/c20-15-4-1-13(9-16(15)21)11-23-12-19(10-17(23)24)5-7-22(8-6-19)18(25)14-2-3-14/h1,4,9,14H,2-3,5-8,10-12H2. The Morgan fingerprint density at radius 3 is 2.52 bits per heavy atom. The maximum absolute atomic E-state index is 13.4. The highest BCUT2D eigenvalue weighted by molar-refractivity contribution is 5.82. The Kier molecular flexibility index (Phi) is 4.01.